The van der Waals surface area contributed by atoms with Gasteiger partial charge in [0.15, 0.2) is 0 Å². The number of aromatic hydroxyl groups is 1. The number of fused-ring (bicyclic) bond motifs is 1. The van der Waals surface area contributed by atoms with Gasteiger partial charge in [-0.2, -0.15) is 0 Å². The second kappa shape index (κ2) is 12.6. The number of benzene rings is 3. The Hall–Kier alpha value is -4.76. The Morgan fingerprint density at radius 1 is 0.927 bits per heavy atom. The number of likely N-dealkylation sites (tertiary alicyclic amines) is 1. The average molecular weight is 552 g/mol. The van der Waals surface area contributed by atoms with Crippen molar-refractivity contribution >= 4 is 34.3 Å². The summed E-state index contributed by atoms with van der Waals surface area (Å²) in [6, 6.07) is 22.7. The van der Waals surface area contributed by atoms with E-state index in [1.165, 1.54) is 4.90 Å². The molecule has 3 aromatic carbocycles. The van der Waals surface area contributed by atoms with E-state index in [0.29, 0.717) is 25.1 Å². The summed E-state index contributed by atoms with van der Waals surface area (Å²) in [5.74, 6) is -0.930. The van der Waals surface area contributed by atoms with Crippen LogP contribution in [0.3, 0.4) is 0 Å². The Labute approximate surface area is 238 Å². The zero-order chi connectivity index (χ0) is 28.8. The quantitative estimate of drug-likeness (QED) is 0.252. The van der Waals surface area contributed by atoms with Crippen LogP contribution in [-0.4, -0.2) is 57.4 Å². The maximum Gasteiger partial charge on any atom is 0.247 e. The molecule has 41 heavy (non-hydrogen) atoms. The monoisotopic (exact) mass is 551 g/mol. The van der Waals surface area contributed by atoms with Crippen LogP contribution in [0.15, 0.2) is 91.1 Å². The normalized spacial score (nSPS) is 16.2. The number of hydrogen-bond acceptors (Lipinski definition) is 6. The summed E-state index contributed by atoms with van der Waals surface area (Å²) in [6.07, 6.45) is 3.40. The number of amides is 3. The molecule has 1 aliphatic heterocycles. The summed E-state index contributed by atoms with van der Waals surface area (Å²) in [4.78, 5) is 46.4. The Morgan fingerprint density at radius 3 is 2.46 bits per heavy atom. The van der Waals surface area contributed by atoms with Crippen LogP contribution in [0, 0.1) is 0 Å². The van der Waals surface area contributed by atoms with Gasteiger partial charge in [0, 0.05) is 24.5 Å². The number of aromatic nitrogens is 1. The first-order chi connectivity index (χ1) is 19.9. The number of rotatable bonds is 9. The van der Waals surface area contributed by atoms with Crippen LogP contribution in [-0.2, 0) is 27.2 Å². The van der Waals surface area contributed by atoms with Crippen molar-refractivity contribution in [3.05, 3.63) is 102 Å². The lowest BCUT2D eigenvalue weighted by molar-refractivity contribution is -0.140. The molecule has 0 saturated carbocycles. The molecule has 0 spiro atoms. The minimum atomic E-state index is -0.875. The molecule has 3 atom stereocenters. The highest BCUT2D eigenvalue weighted by molar-refractivity contribution is 6.04. The van der Waals surface area contributed by atoms with E-state index in [-0.39, 0.29) is 36.3 Å². The number of nitrogens with zero attached hydrogens (tertiary/aromatic N) is 2. The van der Waals surface area contributed by atoms with E-state index in [1.807, 2.05) is 48.5 Å². The molecule has 0 aliphatic carbocycles. The molecule has 5 N–H and O–H groups in total. The van der Waals surface area contributed by atoms with Gasteiger partial charge in [0.1, 0.15) is 17.8 Å². The van der Waals surface area contributed by atoms with Gasteiger partial charge in [0.2, 0.25) is 17.7 Å². The van der Waals surface area contributed by atoms with Gasteiger partial charge in [-0.15, -0.1) is 0 Å². The van der Waals surface area contributed by atoms with Gasteiger partial charge in [0.25, 0.3) is 0 Å². The first kappa shape index (κ1) is 27.8. The van der Waals surface area contributed by atoms with Gasteiger partial charge in [-0.1, -0.05) is 48.5 Å². The molecule has 0 radical (unpaired) electrons. The number of phenols is 1. The third-order valence-electron chi connectivity index (χ3n) is 7.37. The molecule has 2 heterocycles. The fraction of sp³-hybridized carbons (Fsp3) is 0.250. The maximum absolute atomic E-state index is 13.6. The topological polar surface area (TPSA) is 138 Å². The van der Waals surface area contributed by atoms with E-state index < -0.39 is 18.1 Å². The van der Waals surface area contributed by atoms with Gasteiger partial charge in [-0.3, -0.25) is 19.4 Å². The van der Waals surface area contributed by atoms with Crippen molar-refractivity contribution in [2.75, 3.05) is 11.9 Å². The molecule has 5 rings (SSSR count). The smallest absolute Gasteiger partial charge is 0.247 e. The Balaban J connectivity index is 1.31. The van der Waals surface area contributed by atoms with E-state index in [4.69, 9.17) is 5.73 Å². The van der Waals surface area contributed by atoms with E-state index in [1.54, 1.807) is 42.6 Å². The number of nitrogens with one attached hydrogen (secondary N) is 2. The fourth-order valence-corrected chi connectivity index (χ4v) is 5.25. The zero-order valence-corrected chi connectivity index (χ0v) is 22.6. The fourth-order valence-electron chi connectivity index (χ4n) is 5.25. The second-order valence-electron chi connectivity index (χ2n) is 10.3. The van der Waals surface area contributed by atoms with Crippen molar-refractivity contribution in [3.8, 4) is 5.75 Å². The number of carbonyl (C=O) groups is 3. The van der Waals surface area contributed by atoms with Gasteiger partial charge in [-0.05, 0) is 66.8 Å². The maximum atomic E-state index is 13.6. The molecule has 3 amide bonds. The Bertz CT molecular complexity index is 1520. The van der Waals surface area contributed by atoms with E-state index in [2.05, 4.69) is 15.6 Å². The number of pyridine rings is 1. The van der Waals surface area contributed by atoms with Gasteiger partial charge < -0.3 is 26.4 Å². The Morgan fingerprint density at radius 2 is 1.68 bits per heavy atom. The third kappa shape index (κ3) is 6.70. The summed E-state index contributed by atoms with van der Waals surface area (Å²) in [5.41, 5.74) is 9.31. The van der Waals surface area contributed by atoms with Crippen molar-refractivity contribution in [2.45, 2.75) is 43.8 Å². The minimum Gasteiger partial charge on any atom is -0.508 e. The summed E-state index contributed by atoms with van der Waals surface area (Å²) in [6.45, 7) is 0.415. The van der Waals surface area contributed by atoms with E-state index in [9.17, 15) is 19.5 Å². The van der Waals surface area contributed by atoms with E-state index in [0.717, 1.165) is 22.0 Å². The standard InChI is InChI=1S/C32H33N5O4/c33-25(19-22-13-15-23(38)16-14-22)32(41)37-18-6-12-29(37)31(40)36-28(20-21-7-2-1-3-8-21)30(39)35-27-11-4-10-26-24(27)9-5-17-34-26/h1-5,7-11,13-17,25,28-29,38H,6,12,18-20,33H2,(H,35,39)(H,36,40)/t25-,28-,29-/m0/s1. The van der Waals surface area contributed by atoms with Crippen LogP contribution in [0.2, 0.25) is 0 Å². The van der Waals surface area contributed by atoms with Crippen LogP contribution in [0.25, 0.3) is 10.9 Å². The Kier molecular flexibility index (Phi) is 8.55. The number of carbonyl (C=O) groups excluding carboxylic acids is 3. The number of hydrogen-bond donors (Lipinski definition) is 4. The van der Waals surface area contributed by atoms with Gasteiger partial charge >= 0.3 is 0 Å². The second-order valence-corrected chi connectivity index (χ2v) is 10.3. The zero-order valence-electron chi connectivity index (χ0n) is 22.6. The van der Waals surface area contributed by atoms with Crippen molar-refractivity contribution in [1.29, 1.82) is 0 Å². The molecule has 1 saturated heterocycles. The molecule has 1 fully saturated rings. The summed E-state index contributed by atoms with van der Waals surface area (Å²) < 4.78 is 0. The molecule has 1 aliphatic rings. The summed E-state index contributed by atoms with van der Waals surface area (Å²) in [5, 5.41) is 16.2. The SMILES string of the molecule is N[C@@H](Cc1ccc(O)cc1)C(=O)N1CCC[C@H]1C(=O)N[C@@H](Cc1ccccc1)C(=O)Nc1cccc2ncccc12. The minimum absolute atomic E-state index is 0.135. The highest BCUT2D eigenvalue weighted by Crippen LogP contribution is 2.23. The number of phenolic OH excluding ortho intramolecular Hbond substituents is 1. The van der Waals surface area contributed by atoms with Crippen LogP contribution < -0.4 is 16.4 Å². The van der Waals surface area contributed by atoms with Gasteiger partial charge in [-0.25, -0.2) is 0 Å². The van der Waals surface area contributed by atoms with Crippen LogP contribution in [0.4, 0.5) is 5.69 Å². The lowest BCUT2D eigenvalue weighted by Crippen LogP contribution is -2.55. The first-order valence-corrected chi connectivity index (χ1v) is 13.7. The number of nitrogens with two attached hydrogens (primary N) is 1. The molecule has 4 aromatic rings. The van der Waals surface area contributed by atoms with Crippen LogP contribution in [0.5, 0.6) is 5.75 Å². The molecule has 0 bridgehead atoms. The van der Waals surface area contributed by atoms with Crippen LogP contribution >= 0.6 is 0 Å². The predicted molar refractivity (Wildman–Crippen MR) is 157 cm³/mol. The van der Waals surface area contributed by atoms with Crippen molar-refractivity contribution < 1.29 is 19.5 Å². The highest BCUT2D eigenvalue weighted by Gasteiger charge is 2.37. The first-order valence-electron chi connectivity index (χ1n) is 13.7. The number of anilines is 1. The highest BCUT2D eigenvalue weighted by atomic mass is 16.3. The molecular formula is C32H33N5O4. The average Bonchev–Trinajstić information content (AvgIpc) is 3.48. The predicted octanol–water partition coefficient (Wildman–Crippen LogP) is 3.17. The van der Waals surface area contributed by atoms with Crippen molar-refractivity contribution in [1.82, 2.24) is 15.2 Å². The van der Waals surface area contributed by atoms with E-state index >= 15 is 0 Å². The molecule has 0 unspecified atom stereocenters. The lowest BCUT2D eigenvalue weighted by atomic mass is 10.0. The molecule has 9 nitrogen and oxygen atoms in total. The van der Waals surface area contributed by atoms with Gasteiger partial charge in [0.05, 0.1) is 17.2 Å². The molecule has 9 heteroatoms. The largest absolute Gasteiger partial charge is 0.508 e. The summed E-state index contributed by atoms with van der Waals surface area (Å²) >= 11 is 0. The van der Waals surface area contributed by atoms with Crippen LogP contribution in [0.1, 0.15) is 24.0 Å². The molecular weight excluding hydrogens is 518 g/mol. The summed E-state index contributed by atoms with van der Waals surface area (Å²) in [7, 11) is 0. The van der Waals surface area contributed by atoms with Crippen molar-refractivity contribution in [3.63, 3.8) is 0 Å². The lowest BCUT2D eigenvalue weighted by Gasteiger charge is -2.28. The molecule has 210 valence electrons. The van der Waals surface area contributed by atoms with Crippen molar-refractivity contribution in [2.24, 2.45) is 5.73 Å². The molecule has 1 aromatic heterocycles. The third-order valence-corrected chi connectivity index (χ3v) is 7.37.